The number of hydrogen-bond donors (Lipinski definition) is 2. The van der Waals surface area contributed by atoms with Crippen molar-refractivity contribution in [3.8, 4) is 0 Å². The van der Waals surface area contributed by atoms with E-state index in [0.29, 0.717) is 13.1 Å². The number of nitrogens with one attached hydrogen (secondary N) is 1. The van der Waals surface area contributed by atoms with Crippen LogP contribution in [0.25, 0.3) is 0 Å². The zero-order chi connectivity index (χ0) is 14.8. The van der Waals surface area contributed by atoms with Gasteiger partial charge in [0.2, 0.25) is 10.0 Å². The van der Waals surface area contributed by atoms with Crippen LogP contribution < -0.4 is 10.5 Å². The maximum Gasteiger partial charge on any atom is 0.242 e. The maximum atomic E-state index is 12.3. The van der Waals surface area contributed by atoms with E-state index in [9.17, 15) is 8.42 Å². The number of nitrogens with two attached hydrogens (primary N) is 1. The lowest BCUT2D eigenvalue weighted by molar-refractivity contribution is 0.581. The van der Waals surface area contributed by atoms with Gasteiger partial charge in [0.25, 0.3) is 0 Å². The largest absolute Gasteiger partial charge is 0.349 e. The lowest BCUT2D eigenvalue weighted by Crippen LogP contribution is -2.22. The molecular formula is C12H18N4O2S2. The van der Waals surface area contributed by atoms with Crippen LogP contribution >= 0.6 is 11.3 Å². The van der Waals surface area contributed by atoms with Crippen molar-refractivity contribution in [1.29, 1.82) is 0 Å². The van der Waals surface area contributed by atoms with Crippen molar-refractivity contribution >= 4 is 21.4 Å². The molecule has 6 nitrogen and oxygen atoms in total. The van der Waals surface area contributed by atoms with Gasteiger partial charge >= 0.3 is 0 Å². The molecule has 0 saturated heterocycles. The number of rotatable bonds is 6. The van der Waals surface area contributed by atoms with Crippen molar-refractivity contribution in [1.82, 2.24) is 14.3 Å². The summed E-state index contributed by atoms with van der Waals surface area (Å²) in [7, 11) is -3.52. The molecule has 2 heterocycles. The molecule has 0 fully saturated rings. The summed E-state index contributed by atoms with van der Waals surface area (Å²) in [6.45, 7) is 5.07. The molecule has 20 heavy (non-hydrogen) atoms. The van der Waals surface area contributed by atoms with Crippen LogP contribution in [0.5, 0.6) is 0 Å². The van der Waals surface area contributed by atoms with Crippen molar-refractivity contribution in [3.05, 3.63) is 34.0 Å². The third-order valence-electron chi connectivity index (χ3n) is 3.09. The minimum absolute atomic E-state index is 0.252. The number of aromatic nitrogens is 2. The maximum absolute atomic E-state index is 12.3. The quantitative estimate of drug-likeness (QED) is 0.838. The molecule has 0 radical (unpaired) electrons. The molecule has 0 unspecified atom stereocenters. The van der Waals surface area contributed by atoms with E-state index in [1.54, 1.807) is 17.8 Å². The molecule has 0 aromatic carbocycles. The highest BCUT2D eigenvalue weighted by Crippen LogP contribution is 2.16. The van der Waals surface area contributed by atoms with Crippen LogP contribution in [0.2, 0.25) is 0 Å². The fraction of sp³-hybridized carbons (Fsp3) is 0.417. The monoisotopic (exact) mass is 314 g/mol. The Morgan fingerprint density at radius 3 is 2.75 bits per heavy atom. The van der Waals surface area contributed by atoms with E-state index < -0.39 is 10.0 Å². The summed E-state index contributed by atoms with van der Waals surface area (Å²) in [6, 6.07) is 1.62. The molecule has 3 N–H and O–H groups in total. The molecule has 0 spiro atoms. The van der Waals surface area contributed by atoms with Crippen molar-refractivity contribution in [2.24, 2.45) is 5.73 Å². The second kappa shape index (κ2) is 6.04. The fourth-order valence-electron chi connectivity index (χ4n) is 1.88. The minimum Gasteiger partial charge on any atom is -0.349 e. The third kappa shape index (κ3) is 3.09. The number of hydrogen-bond acceptors (Lipinski definition) is 5. The Morgan fingerprint density at radius 1 is 1.50 bits per heavy atom. The molecular weight excluding hydrogens is 296 g/mol. The number of thiazole rings is 1. The van der Waals surface area contributed by atoms with E-state index in [1.165, 1.54) is 11.3 Å². The minimum atomic E-state index is -3.52. The van der Waals surface area contributed by atoms with Crippen LogP contribution in [0, 0.1) is 6.92 Å². The number of sulfonamides is 1. The first-order valence-corrected chi connectivity index (χ1v) is 8.62. The topological polar surface area (TPSA) is 90.0 Å². The molecule has 8 heteroatoms. The molecule has 0 aliphatic carbocycles. The standard InChI is InChI=1S/C12H18N4O2S2/c1-3-16-7-11(4-10(16)5-13)20(17,18)15-6-12-9(2)14-8-19-12/h4,7-8,15H,3,5-6,13H2,1-2H3. The fourth-order valence-corrected chi connectivity index (χ4v) is 3.74. The summed E-state index contributed by atoms with van der Waals surface area (Å²) in [5.74, 6) is 0. The Hall–Kier alpha value is -1.22. The van der Waals surface area contributed by atoms with Crippen LogP contribution in [-0.4, -0.2) is 18.0 Å². The van der Waals surface area contributed by atoms with Gasteiger partial charge in [0.1, 0.15) is 0 Å². The molecule has 0 saturated carbocycles. The summed E-state index contributed by atoms with van der Waals surface area (Å²) >= 11 is 1.44. The zero-order valence-corrected chi connectivity index (χ0v) is 13.1. The van der Waals surface area contributed by atoms with Gasteiger partial charge in [-0.1, -0.05) is 0 Å². The zero-order valence-electron chi connectivity index (χ0n) is 11.5. The van der Waals surface area contributed by atoms with Gasteiger partial charge in [-0.15, -0.1) is 11.3 Å². The lowest BCUT2D eigenvalue weighted by atomic mass is 10.4. The summed E-state index contributed by atoms with van der Waals surface area (Å²) in [4.78, 5) is 5.27. The Balaban J connectivity index is 2.18. The molecule has 0 amide bonds. The highest BCUT2D eigenvalue weighted by molar-refractivity contribution is 7.89. The van der Waals surface area contributed by atoms with Gasteiger partial charge in [-0.3, -0.25) is 0 Å². The van der Waals surface area contributed by atoms with E-state index in [1.807, 2.05) is 18.4 Å². The Morgan fingerprint density at radius 2 is 2.25 bits per heavy atom. The number of nitrogens with zero attached hydrogens (tertiary/aromatic N) is 2. The molecule has 0 aliphatic heterocycles. The average Bonchev–Trinajstić information content (AvgIpc) is 3.02. The second-order valence-corrected chi connectivity index (χ2v) is 7.05. The molecule has 2 rings (SSSR count). The number of aryl methyl sites for hydroxylation is 2. The Labute approximate surface area is 122 Å². The average molecular weight is 314 g/mol. The Kier molecular flexibility index (Phi) is 4.59. The highest BCUT2D eigenvalue weighted by atomic mass is 32.2. The van der Waals surface area contributed by atoms with Crippen LogP contribution in [-0.2, 0) is 29.7 Å². The summed E-state index contributed by atoms with van der Waals surface area (Å²) in [6.07, 6.45) is 1.62. The molecule has 0 aliphatic rings. The normalized spacial score (nSPS) is 11.9. The van der Waals surface area contributed by atoms with Gasteiger partial charge in [-0.05, 0) is 19.9 Å². The molecule has 2 aromatic rings. The van der Waals surface area contributed by atoms with Crippen LogP contribution in [0.1, 0.15) is 23.2 Å². The second-order valence-electron chi connectivity index (χ2n) is 4.34. The van der Waals surface area contributed by atoms with Gasteiger partial charge in [0.05, 0.1) is 16.1 Å². The lowest BCUT2D eigenvalue weighted by Gasteiger charge is -2.04. The molecule has 2 aromatic heterocycles. The van der Waals surface area contributed by atoms with Crippen LogP contribution in [0.15, 0.2) is 22.7 Å². The summed E-state index contributed by atoms with van der Waals surface area (Å²) < 4.78 is 28.9. The van der Waals surface area contributed by atoms with Crippen molar-refractivity contribution in [2.75, 3.05) is 0 Å². The van der Waals surface area contributed by atoms with Gasteiger partial charge in [0, 0.05) is 36.4 Å². The van der Waals surface area contributed by atoms with Crippen molar-refractivity contribution < 1.29 is 8.42 Å². The van der Waals surface area contributed by atoms with Crippen molar-refractivity contribution in [3.63, 3.8) is 0 Å². The van der Waals surface area contributed by atoms with Crippen LogP contribution in [0.3, 0.4) is 0 Å². The van der Waals surface area contributed by atoms with Crippen LogP contribution in [0.4, 0.5) is 0 Å². The van der Waals surface area contributed by atoms with Gasteiger partial charge in [0.15, 0.2) is 0 Å². The summed E-state index contributed by atoms with van der Waals surface area (Å²) in [5, 5.41) is 0. The molecule has 110 valence electrons. The smallest absolute Gasteiger partial charge is 0.242 e. The predicted molar refractivity (Wildman–Crippen MR) is 78.9 cm³/mol. The third-order valence-corrected chi connectivity index (χ3v) is 5.39. The first kappa shape index (κ1) is 15.2. The predicted octanol–water partition coefficient (Wildman–Crippen LogP) is 1.21. The highest BCUT2D eigenvalue weighted by Gasteiger charge is 2.18. The van der Waals surface area contributed by atoms with E-state index in [4.69, 9.17) is 5.73 Å². The SMILES string of the molecule is CCn1cc(S(=O)(=O)NCc2scnc2C)cc1CN. The van der Waals surface area contributed by atoms with E-state index in [-0.39, 0.29) is 11.4 Å². The van der Waals surface area contributed by atoms with Crippen molar-refractivity contribution in [2.45, 2.75) is 38.4 Å². The van der Waals surface area contributed by atoms with Gasteiger partial charge in [-0.25, -0.2) is 18.1 Å². The van der Waals surface area contributed by atoms with Gasteiger partial charge < -0.3 is 10.3 Å². The first-order chi connectivity index (χ1) is 9.47. The van der Waals surface area contributed by atoms with E-state index >= 15 is 0 Å². The van der Waals surface area contributed by atoms with E-state index in [0.717, 1.165) is 16.3 Å². The first-order valence-electron chi connectivity index (χ1n) is 6.25. The summed E-state index contributed by atoms with van der Waals surface area (Å²) in [5.41, 5.74) is 8.98. The van der Waals surface area contributed by atoms with Gasteiger partial charge in [-0.2, -0.15) is 0 Å². The molecule has 0 atom stereocenters. The Bertz CT molecular complexity index is 667. The van der Waals surface area contributed by atoms with E-state index in [2.05, 4.69) is 9.71 Å². The molecule has 0 bridgehead atoms.